The molecule has 2 aromatic heterocycles. The molecule has 196 valence electrons. The third-order valence-corrected chi connectivity index (χ3v) is 5.62. The number of ether oxygens (including phenoxy) is 1. The summed E-state index contributed by atoms with van der Waals surface area (Å²) in [5.74, 6) is -4.78. The number of methoxy groups -OCH3 is 1. The minimum absolute atomic E-state index is 0.154. The number of hydrogen-bond acceptors (Lipinski definition) is 8. The lowest BCUT2D eigenvalue weighted by Crippen LogP contribution is -2.56. The van der Waals surface area contributed by atoms with Gasteiger partial charge in [-0.25, -0.2) is 28.5 Å². The average Bonchev–Trinajstić information content (AvgIpc) is 3.22. The molecule has 0 bridgehead atoms. The number of aliphatic carboxylic acids is 1. The van der Waals surface area contributed by atoms with E-state index >= 15 is 0 Å². The summed E-state index contributed by atoms with van der Waals surface area (Å²) in [6, 6.07) is 4.46. The van der Waals surface area contributed by atoms with Crippen LogP contribution in [0.25, 0.3) is 11.3 Å². The number of rotatable bonds is 4. The van der Waals surface area contributed by atoms with Crippen molar-refractivity contribution >= 4 is 17.7 Å². The molecular weight excluding hydrogens is 495 g/mol. The Balaban J connectivity index is 0.000000454. The first kappa shape index (κ1) is 27.0. The number of nitrogens with two attached hydrogens (primary N) is 1. The number of anilines is 1. The molecule has 10 nitrogen and oxygen atoms in total. The van der Waals surface area contributed by atoms with Crippen molar-refractivity contribution in [2.24, 2.45) is 5.73 Å². The second kappa shape index (κ2) is 10.6. The highest BCUT2D eigenvalue weighted by Crippen LogP contribution is 2.32. The predicted octanol–water partition coefficient (Wildman–Crippen LogP) is 1.95. The number of carboxylic acids is 1. The van der Waals surface area contributed by atoms with E-state index in [0.29, 0.717) is 30.5 Å². The third-order valence-electron chi connectivity index (χ3n) is 5.62. The van der Waals surface area contributed by atoms with E-state index in [4.69, 9.17) is 20.4 Å². The van der Waals surface area contributed by atoms with Crippen molar-refractivity contribution in [1.82, 2.24) is 19.9 Å². The van der Waals surface area contributed by atoms with E-state index in [1.54, 1.807) is 25.4 Å². The van der Waals surface area contributed by atoms with Crippen molar-refractivity contribution in [2.75, 3.05) is 31.6 Å². The fourth-order valence-corrected chi connectivity index (χ4v) is 3.81. The Morgan fingerprint density at radius 1 is 1.22 bits per heavy atom. The topological polar surface area (TPSA) is 135 Å². The molecule has 0 aliphatic carbocycles. The Morgan fingerprint density at radius 3 is 2.50 bits per heavy atom. The fraction of sp³-hybridized carbons (Fsp3) is 0.476. The number of likely N-dealkylation sites (tertiary alicyclic amines) is 1. The molecule has 0 radical (unpaired) electrons. The van der Waals surface area contributed by atoms with E-state index in [0.717, 1.165) is 5.56 Å². The molecule has 2 aromatic rings. The first-order chi connectivity index (χ1) is 16.8. The Bertz CT molecular complexity index is 1090. The highest BCUT2D eigenvalue weighted by Gasteiger charge is 2.45. The summed E-state index contributed by atoms with van der Waals surface area (Å²) in [6.07, 6.45) is -2.55. The number of nitrogens with zero attached hydrogens (tertiary/aromatic N) is 5. The zero-order valence-electron chi connectivity index (χ0n) is 19.0. The number of hydrogen-bond donors (Lipinski definition) is 2. The van der Waals surface area contributed by atoms with Crippen LogP contribution in [0.2, 0.25) is 0 Å². The van der Waals surface area contributed by atoms with E-state index in [2.05, 4.69) is 15.0 Å². The molecule has 0 saturated carbocycles. The lowest BCUT2D eigenvalue weighted by atomic mass is 10.0. The lowest BCUT2D eigenvalue weighted by molar-refractivity contribution is -0.192. The maximum atomic E-state index is 13.8. The van der Waals surface area contributed by atoms with Gasteiger partial charge in [-0.15, -0.1) is 0 Å². The van der Waals surface area contributed by atoms with Gasteiger partial charge in [0.25, 0.3) is 5.92 Å². The van der Waals surface area contributed by atoms with Gasteiger partial charge in [0.05, 0.1) is 25.4 Å². The highest BCUT2D eigenvalue weighted by atomic mass is 19.4. The van der Waals surface area contributed by atoms with Gasteiger partial charge in [0.2, 0.25) is 11.8 Å². The lowest BCUT2D eigenvalue weighted by Gasteiger charge is -2.37. The van der Waals surface area contributed by atoms with Crippen molar-refractivity contribution in [1.29, 1.82) is 0 Å². The minimum atomic E-state index is -5.08. The van der Waals surface area contributed by atoms with Crippen LogP contribution in [0.1, 0.15) is 12.8 Å². The normalized spacial score (nSPS) is 21.6. The second-order valence-electron chi connectivity index (χ2n) is 8.17. The van der Waals surface area contributed by atoms with Crippen LogP contribution in [-0.2, 0) is 9.59 Å². The van der Waals surface area contributed by atoms with Crippen molar-refractivity contribution in [2.45, 2.75) is 37.0 Å². The number of piperidine rings is 1. The van der Waals surface area contributed by atoms with Gasteiger partial charge in [0.15, 0.2) is 0 Å². The van der Waals surface area contributed by atoms with Crippen LogP contribution in [0.3, 0.4) is 0 Å². The Morgan fingerprint density at radius 2 is 1.92 bits per heavy atom. The molecule has 36 heavy (non-hydrogen) atoms. The first-order valence-corrected chi connectivity index (χ1v) is 10.6. The molecule has 4 rings (SSSR count). The van der Waals surface area contributed by atoms with E-state index < -0.39 is 43.1 Å². The Kier molecular flexibility index (Phi) is 7.91. The molecular formula is C21H23F5N6O4. The summed E-state index contributed by atoms with van der Waals surface area (Å²) in [5, 5.41) is 7.12. The van der Waals surface area contributed by atoms with Crippen LogP contribution < -0.4 is 15.4 Å². The zero-order chi connectivity index (χ0) is 26.7. The highest BCUT2D eigenvalue weighted by molar-refractivity contribution is 5.78. The number of pyridine rings is 1. The molecule has 0 spiro atoms. The van der Waals surface area contributed by atoms with Gasteiger partial charge in [-0.05, 0) is 6.07 Å². The van der Waals surface area contributed by atoms with Crippen LogP contribution in [0.5, 0.6) is 5.88 Å². The van der Waals surface area contributed by atoms with E-state index in [1.807, 2.05) is 11.0 Å². The number of halogens is 5. The van der Waals surface area contributed by atoms with Crippen molar-refractivity contribution < 1.29 is 41.4 Å². The van der Waals surface area contributed by atoms with Crippen LogP contribution in [-0.4, -0.2) is 87.8 Å². The van der Waals surface area contributed by atoms with Crippen molar-refractivity contribution in [3.05, 3.63) is 30.7 Å². The number of aromatic nitrogens is 3. The van der Waals surface area contributed by atoms with Crippen LogP contribution in [0.15, 0.2) is 30.7 Å². The maximum Gasteiger partial charge on any atom is 0.490 e. The molecule has 0 unspecified atom stereocenters. The molecule has 2 aliphatic rings. The molecule has 0 aromatic carbocycles. The molecule has 15 heteroatoms. The number of amides is 1. The molecule has 2 fully saturated rings. The van der Waals surface area contributed by atoms with Gasteiger partial charge in [-0.2, -0.15) is 13.2 Å². The Labute approximate surface area is 201 Å². The molecule has 3 N–H and O–H groups in total. The van der Waals surface area contributed by atoms with Gasteiger partial charge < -0.3 is 25.4 Å². The fourth-order valence-electron chi connectivity index (χ4n) is 3.81. The number of carboxylic acid groups (broad SMARTS) is 1. The summed E-state index contributed by atoms with van der Waals surface area (Å²) < 4.78 is 64.5. The predicted molar refractivity (Wildman–Crippen MR) is 115 cm³/mol. The number of alkyl halides is 5. The smallest absolute Gasteiger partial charge is 0.481 e. The number of carbonyl (C=O) groups is 2. The molecule has 2 saturated heterocycles. The van der Waals surface area contributed by atoms with Gasteiger partial charge >= 0.3 is 12.1 Å². The monoisotopic (exact) mass is 518 g/mol. The van der Waals surface area contributed by atoms with Gasteiger partial charge in [0.1, 0.15) is 12.1 Å². The van der Waals surface area contributed by atoms with E-state index in [9.17, 15) is 26.7 Å². The third kappa shape index (κ3) is 6.53. The van der Waals surface area contributed by atoms with Crippen molar-refractivity contribution in [3.8, 4) is 17.1 Å². The summed E-state index contributed by atoms with van der Waals surface area (Å²) in [5.41, 5.74) is 7.68. The SMILES string of the molecule is COc1ccc(-c2cc(N3C[C@H](N)[C@@H](N4CC(F)(F)CCC4=O)C3)ncn2)cn1.O=C(O)C(F)(F)F. The van der Waals surface area contributed by atoms with Crippen LogP contribution >= 0.6 is 0 Å². The zero-order valence-corrected chi connectivity index (χ0v) is 19.0. The molecule has 2 atom stereocenters. The maximum absolute atomic E-state index is 13.8. The average molecular weight is 518 g/mol. The molecule has 4 heterocycles. The summed E-state index contributed by atoms with van der Waals surface area (Å²) in [7, 11) is 1.54. The van der Waals surface area contributed by atoms with Gasteiger partial charge in [0, 0.05) is 55.9 Å². The largest absolute Gasteiger partial charge is 0.490 e. The summed E-state index contributed by atoms with van der Waals surface area (Å²) in [4.78, 5) is 37.0. The second-order valence-corrected chi connectivity index (χ2v) is 8.17. The summed E-state index contributed by atoms with van der Waals surface area (Å²) in [6.45, 7) is 0.183. The molecule has 1 amide bonds. The first-order valence-electron chi connectivity index (χ1n) is 10.6. The van der Waals surface area contributed by atoms with Gasteiger partial charge in [-0.3, -0.25) is 4.79 Å². The number of carbonyl (C=O) groups excluding carboxylic acids is 1. The van der Waals surface area contributed by atoms with Crippen LogP contribution in [0.4, 0.5) is 27.8 Å². The minimum Gasteiger partial charge on any atom is -0.481 e. The van der Waals surface area contributed by atoms with Crippen molar-refractivity contribution in [3.63, 3.8) is 0 Å². The van der Waals surface area contributed by atoms with Gasteiger partial charge in [-0.1, -0.05) is 0 Å². The Hall–Kier alpha value is -3.62. The quantitative estimate of drug-likeness (QED) is 0.583. The van der Waals surface area contributed by atoms with Crippen LogP contribution in [0, 0.1) is 0 Å². The van der Waals surface area contributed by atoms with E-state index in [-0.39, 0.29) is 12.3 Å². The molecule has 2 aliphatic heterocycles. The standard InChI is InChI=1S/C19H22F2N6O2.C2HF3O2/c1-29-17-3-2-12(7-23-17)14-6-16(25-11-24-14)26-8-13(22)15(9-26)27-10-19(20,21)5-4-18(27)28;3-2(4,5)1(6)7/h2-3,6-7,11,13,15H,4-5,8-10,22H2,1H3;(H,6,7)/t13-,15-;/m0./s1. The van der Waals surface area contributed by atoms with E-state index in [1.165, 1.54) is 11.2 Å². The summed E-state index contributed by atoms with van der Waals surface area (Å²) >= 11 is 0.